The van der Waals surface area contributed by atoms with E-state index in [1.807, 2.05) is 42.3 Å². The third kappa shape index (κ3) is 2.96. The van der Waals surface area contributed by atoms with E-state index in [1.54, 1.807) is 17.4 Å². The molecule has 0 unspecified atom stereocenters. The molecule has 2 aromatic heterocycles. The highest BCUT2D eigenvalue weighted by Gasteiger charge is 2.06. The van der Waals surface area contributed by atoms with Gasteiger partial charge in [-0.1, -0.05) is 17.7 Å². The van der Waals surface area contributed by atoms with Crippen molar-refractivity contribution < 1.29 is 0 Å². The lowest BCUT2D eigenvalue weighted by Crippen LogP contribution is -2.17. The molecule has 0 N–H and O–H groups in total. The van der Waals surface area contributed by atoms with Crippen LogP contribution < -0.4 is 4.90 Å². The molecule has 0 aliphatic carbocycles. The van der Waals surface area contributed by atoms with E-state index in [9.17, 15) is 0 Å². The van der Waals surface area contributed by atoms with Crippen LogP contribution in [0.2, 0.25) is 4.34 Å². The summed E-state index contributed by atoms with van der Waals surface area (Å²) < 4.78 is 0.784. The molecule has 0 aromatic carbocycles. The van der Waals surface area contributed by atoms with Gasteiger partial charge in [0.2, 0.25) is 0 Å². The molecular formula is C12H10ClN3S. The monoisotopic (exact) mass is 263 g/mol. The molecule has 3 nitrogen and oxygen atoms in total. The van der Waals surface area contributed by atoms with E-state index >= 15 is 0 Å². The molecule has 0 aliphatic rings. The summed E-state index contributed by atoms with van der Waals surface area (Å²) in [5, 5.41) is 8.79. The Morgan fingerprint density at radius 2 is 2.24 bits per heavy atom. The Morgan fingerprint density at radius 3 is 2.88 bits per heavy atom. The topological polar surface area (TPSA) is 39.9 Å². The van der Waals surface area contributed by atoms with Crippen LogP contribution in [-0.2, 0) is 6.54 Å². The number of anilines is 1. The van der Waals surface area contributed by atoms with Gasteiger partial charge in [-0.05, 0) is 24.3 Å². The summed E-state index contributed by atoms with van der Waals surface area (Å²) >= 11 is 7.43. The normalized spacial score (nSPS) is 9.94. The zero-order chi connectivity index (χ0) is 12.3. The van der Waals surface area contributed by atoms with Crippen LogP contribution in [0.3, 0.4) is 0 Å². The van der Waals surface area contributed by atoms with Gasteiger partial charge in [0.25, 0.3) is 0 Å². The summed E-state index contributed by atoms with van der Waals surface area (Å²) in [6.07, 6.45) is 0. The molecule has 17 heavy (non-hydrogen) atoms. The van der Waals surface area contributed by atoms with Gasteiger partial charge in [-0.15, -0.1) is 11.3 Å². The van der Waals surface area contributed by atoms with Crippen molar-refractivity contribution in [2.75, 3.05) is 11.9 Å². The summed E-state index contributed by atoms with van der Waals surface area (Å²) in [6, 6.07) is 11.3. The predicted octanol–water partition coefficient (Wildman–Crippen LogP) is 3.30. The van der Waals surface area contributed by atoms with E-state index in [0.29, 0.717) is 5.69 Å². The lowest BCUT2D eigenvalue weighted by atomic mass is 10.3. The van der Waals surface area contributed by atoms with Crippen LogP contribution >= 0.6 is 22.9 Å². The van der Waals surface area contributed by atoms with E-state index in [0.717, 1.165) is 16.7 Å². The summed E-state index contributed by atoms with van der Waals surface area (Å²) in [7, 11) is 1.94. The van der Waals surface area contributed by atoms with Crippen molar-refractivity contribution in [2.45, 2.75) is 6.54 Å². The molecule has 0 saturated heterocycles. The van der Waals surface area contributed by atoms with Crippen molar-refractivity contribution in [2.24, 2.45) is 0 Å². The first kappa shape index (κ1) is 11.9. The van der Waals surface area contributed by atoms with Crippen LogP contribution in [0.4, 0.5) is 5.82 Å². The third-order valence-corrected chi connectivity index (χ3v) is 3.48. The molecule has 2 aromatic rings. The molecule has 2 heterocycles. The minimum absolute atomic E-state index is 0.429. The van der Waals surface area contributed by atoms with Gasteiger partial charge in [0.1, 0.15) is 17.6 Å². The SMILES string of the molecule is CN(Cc1ccc(Cl)s1)c1cccc(C#N)n1. The minimum Gasteiger partial charge on any atom is -0.354 e. The Morgan fingerprint density at radius 1 is 1.41 bits per heavy atom. The molecular weight excluding hydrogens is 254 g/mol. The van der Waals surface area contributed by atoms with Crippen LogP contribution in [0, 0.1) is 11.3 Å². The minimum atomic E-state index is 0.429. The highest BCUT2D eigenvalue weighted by molar-refractivity contribution is 7.16. The Labute approximate surface area is 109 Å². The number of nitrogens with zero attached hydrogens (tertiary/aromatic N) is 3. The van der Waals surface area contributed by atoms with Crippen LogP contribution in [0.25, 0.3) is 0 Å². The number of thiophene rings is 1. The van der Waals surface area contributed by atoms with Crippen molar-refractivity contribution in [1.29, 1.82) is 5.26 Å². The van der Waals surface area contributed by atoms with Crippen LogP contribution in [0.5, 0.6) is 0 Å². The van der Waals surface area contributed by atoms with Gasteiger partial charge in [0, 0.05) is 11.9 Å². The molecule has 0 saturated carbocycles. The van der Waals surface area contributed by atoms with Gasteiger partial charge < -0.3 is 4.90 Å². The smallest absolute Gasteiger partial charge is 0.142 e. The fourth-order valence-electron chi connectivity index (χ4n) is 1.45. The second-order valence-corrected chi connectivity index (χ2v) is 5.35. The van der Waals surface area contributed by atoms with E-state index < -0.39 is 0 Å². The number of nitriles is 1. The van der Waals surface area contributed by atoms with Crippen LogP contribution in [0.1, 0.15) is 10.6 Å². The molecule has 0 radical (unpaired) electrons. The first-order chi connectivity index (χ1) is 8.19. The van der Waals surface area contributed by atoms with Gasteiger partial charge in [-0.2, -0.15) is 5.26 Å². The predicted molar refractivity (Wildman–Crippen MR) is 70.4 cm³/mol. The first-order valence-corrected chi connectivity index (χ1v) is 6.21. The quantitative estimate of drug-likeness (QED) is 0.853. The molecule has 2 rings (SSSR count). The van der Waals surface area contributed by atoms with E-state index in [4.69, 9.17) is 16.9 Å². The zero-order valence-electron chi connectivity index (χ0n) is 9.22. The van der Waals surface area contributed by atoms with Gasteiger partial charge >= 0.3 is 0 Å². The molecule has 0 spiro atoms. The Bertz CT molecular complexity index is 559. The number of rotatable bonds is 3. The molecule has 0 fully saturated rings. The lowest BCUT2D eigenvalue weighted by Gasteiger charge is -2.16. The maximum absolute atomic E-state index is 8.79. The van der Waals surface area contributed by atoms with Crippen molar-refractivity contribution >= 4 is 28.8 Å². The third-order valence-electron chi connectivity index (χ3n) is 2.26. The van der Waals surface area contributed by atoms with Gasteiger partial charge in [-0.3, -0.25) is 0 Å². The number of aromatic nitrogens is 1. The van der Waals surface area contributed by atoms with Crippen LogP contribution in [-0.4, -0.2) is 12.0 Å². The summed E-state index contributed by atoms with van der Waals surface area (Å²) in [4.78, 5) is 7.39. The molecule has 86 valence electrons. The zero-order valence-corrected chi connectivity index (χ0v) is 10.8. The van der Waals surface area contributed by atoms with E-state index in [1.165, 1.54) is 4.88 Å². The van der Waals surface area contributed by atoms with Gasteiger partial charge in [-0.25, -0.2) is 4.98 Å². The highest BCUT2D eigenvalue weighted by Crippen LogP contribution is 2.23. The van der Waals surface area contributed by atoms with Crippen LogP contribution in [0.15, 0.2) is 30.3 Å². The fourth-order valence-corrected chi connectivity index (χ4v) is 2.59. The average molecular weight is 264 g/mol. The second-order valence-electron chi connectivity index (χ2n) is 3.55. The maximum atomic E-state index is 8.79. The van der Waals surface area contributed by atoms with Crippen molar-refractivity contribution in [1.82, 2.24) is 4.98 Å². The Kier molecular flexibility index (Phi) is 3.62. The molecule has 0 amide bonds. The lowest BCUT2D eigenvalue weighted by molar-refractivity contribution is 0.910. The van der Waals surface area contributed by atoms with E-state index in [-0.39, 0.29) is 0 Å². The van der Waals surface area contributed by atoms with E-state index in [2.05, 4.69) is 4.98 Å². The highest BCUT2D eigenvalue weighted by atomic mass is 35.5. The average Bonchev–Trinajstić information content (AvgIpc) is 2.75. The number of hydrogen-bond acceptors (Lipinski definition) is 4. The first-order valence-electron chi connectivity index (χ1n) is 5.01. The fraction of sp³-hybridized carbons (Fsp3) is 0.167. The summed E-state index contributed by atoms with van der Waals surface area (Å²) in [6.45, 7) is 0.735. The molecule has 0 aliphatic heterocycles. The van der Waals surface area contributed by atoms with Gasteiger partial charge in [0.15, 0.2) is 0 Å². The number of halogens is 1. The number of pyridine rings is 1. The molecule has 0 bridgehead atoms. The summed E-state index contributed by atoms with van der Waals surface area (Å²) in [5.74, 6) is 0.786. The Hall–Kier alpha value is -1.57. The summed E-state index contributed by atoms with van der Waals surface area (Å²) in [5.41, 5.74) is 0.429. The molecule has 0 atom stereocenters. The van der Waals surface area contributed by atoms with Gasteiger partial charge in [0.05, 0.1) is 10.9 Å². The van der Waals surface area contributed by atoms with Crippen molar-refractivity contribution in [3.8, 4) is 6.07 Å². The Balaban J connectivity index is 2.14. The maximum Gasteiger partial charge on any atom is 0.142 e. The number of hydrogen-bond donors (Lipinski definition) is 0. The molecule has 5 heteroatoms. The largest absolute Gasteiger partial charge is 0.354 e. The van der Waals surface area contributed by atoms with Crippen molar-refractivity contribution in [3.05, 3.63) is 45.2 Å². The van der Waals surface area contributed by atoms with Crippen molar-refractivity contribution in [3.63, 3.8) is 0 Å². The second kappa shape index (κ2) is 5.17. The standard InChI is InChI=1S/C12H10ClN3S/c1-16(8-10-5-6-11(13)17-10)12-4-2-3-9(7-14)15-12/h2-6H,8H2,1H3.